The van der Waals surface area contributed by atoms with Gasteiger partial charge in [0.25, 0.3) is 0 Å². The number of hydrogen-bond acceptors (Lipinski definition) is 2. The normalized spacial score (nSPS) is 20.0. The molecule has 2 N–H and O–H groups in total. The zero-order chi connectivity index (χ0) is 16.3. The van der Waals surface area contributed by atoms with Crippen molar-refractivity contribution in [3.8, 4) is 0 Å². The fourth-order valence-electron chi connectivity index (χ4n) is 2.61. The summed E-state index contributed by atoms with van der Waals surface area (Å²) < 4.78 is 37.6. The van der Waals surface area contributed by atoms with Crippen LogP contribution in [0, 0.1) is 0 Å². The lowest BCUT2D eigenvalue weighted by Gasteiger charge is -2.25. The van der Waals surface area contributed by atoms with Crippen LogP contribution < -0.4 is 5.32 Å². The van der Waals surface area contributed by atoms with Gasteiger partial charge < -0.3 is 15.3 Å². The maximum absolute atomic E-state index is 12.5. The van der Waals surface area contributed by atoms with Gasteiger partial charge in [-0.25, -0.2) is 4.79 Å². The minimum Gasteiger partial charge on any atom is -0.394 e. The second-order valence-corrected chi connectivity index (χ2v) is 5.46. The van der Waals surface area contributed by atoms with Gasteiger partial charge in [-0.2, -0.15) is 13.2 Å². The van der Waals surface area contributed by atoms with Gasteiger partial charge in [0.2, 0.25) is 0 Å². The number of halogens is 3. The molecule has 0 bridgehead atoms. The molecule has 1 aliphatic heterocycles. The van der Waals surface area contributed by atoms with E-state index < -0.39 is 17.8 Å². The van der Waals surface area contributed by atoms with Gasteiger partial charge in [-0.3, -0.25) is 0 Å². The maximum atomic E-state index is 12.5. The highest BCUT2D eigenvalue weighted by Crippen LogP contribution is 2.30. The van der Waals surface area contributed by atoms with Crippen LogP contribution in [0.4, 0.5) is 18.0 Å². The zero-order valence-electron chi connectivity index (χ0n) is 12.2. The molecule has 0 aromatic heterocycles. The second kappa shape index (κ2) is 6.56. The summed E-state index contributed by atoms with van der Waals surface area (Å²) in [6, 6.07) is 3.84. The van der Waals surface area contributed by atoms with E-state index in [0.717, 1.165) is 25.0 Å². The van der Waals surface area contributed by atoms with E-state index in [1.165, 1.54) is 12.1 Å². The maximum Gasteiger partial charge on any atom is 0.416 e. The van der Waals surface area contributed by atoms with Gasteiger partial charge in [-0.1, -0.05) is 12.1 Å². The summed E-state index contributed by atoms with van der Waals surface area (Å²) in [7, 11) is 0. The Morgan fingerprint density at radius 2 is 2.05 bits per heavy atom. The minimum absolute atomic E-state index is 0.0813. The van der Waals surface area contributed by atoms with Crippen molar-refractivity contribution < 1.29 is 23.1 Å². The molecule has 1 fully saturated rings. The number of aliphatic hydroxyl groups is 1. The molecule has 1 aliphatic rings. The molecule has 0 aliphatic carbocycles. The fourth-order valence-corrected chi connectivity index (χ4v) is 2.61. The van der Waals surface area contributed by atoms with E-state index in [0.29, 0.717) is 12.1 Å². The number of amides is 2. The molecule has 1 aromatic rings. The third-order valence-electron chi connectivity index (χ3n) is 3.93. The van der Waals surface area contributed by atoms with E-state index in [-0.39, 0.29) is 18.7 Å². The molecule has 0 saturated carbocycles. The number of nitrogens with zero attached hydrogens (tertiary/aromatic N) is 1. The third-order valence-corrected chi connectivity index (χ3v) is 3.93. The first-order valence-electron chi connectivity index (χ1n) is 7.18. The van der Waals surface area contributed by atoms with Crippen LogP contribution in [0.5, 0.6) is 0 Å². The Hall–Kier alpha value is -1.76. The number of alkyl halides is 3. The first-order chi connectivity index (χ1) is 10.3. The largest absolute Gasteiger partial charge is 0.416 e. The van der Waals surface area contributed by atoms with Gasteiger partial charge in [-0.05, 0) is 37.5 Å². The van der Waals surface area contributed by atoms with Crippen LogP contribution in [0.1, 0.15) is 36.9 Å². The number of hydrogen-bond donors (Lipinski definition) is 2. The highest BCUT2D eigenvalue weighted by atomic mass is 19.4. The number of benzene rings is 1. The van der Waals surface area contributed by atoms with Crippen molar-refractivity contribution in [1.82, 2.24) is 10.2 Å². The lowest BCUT2D eigenvalue weighted by molar-refractivity contribution is -0.137. The van der Waals surface area contributed by atoms with Crippen LogP contribution in [0.25, 0.3) is 0 Å². The molecule has 0 unspecified atom stereocenters. The van der Waals surface area contributed by atoms with E-state index in [9.17, 15) is 23.1 Å². The second-order valence-electron chi connectivity index (χ2n) is 5.46. The monoisotopic (exact) mass is 316 g/mol. The van der Waals surface area contributed by atoms with Gasteiger partial charge in [-0.15, -0.1) is 0 Å². The molecule has 0 radical (unpaired) electrons. The van der Waals surface area contributed by atoms with Gasteiger partial charge in [0.1, 0.15) is 0 Å². The number of rotatable bonds is 3. The predicted octanol–water partition coefficient (Wildman–Crippen LogP) is 2.93. The standard InChI is InChI=1S/C15H19F3N2O2/c1-10(11-4-6-12(7-5-11)15(16,17)18)19-14(22)20-8-2-3-13(20)9-21/h4-7,10,13,21H,2-3,8-9H2,1H3,(H,19,22)/t10-,13+/m1/s1. The number of likely N-dealkylation sites (tertiary alicyclic amines) is 1. The predicted molar refractivity (Wildman–Crippen MR) is 75.2 cm³/mol. The minimum atomic E-state index is -4.37. The van der Waals surface area contributed by atoms with E-state index >= 15 is 0 Å². The molecule has 1 heterocycles. The quantitative estimate of drug-likeness (QED) is 0.901. The molecule has 122 valence electrons. The number of aliphatic hydroxyl groups excluding tert-OH is 1. The van der Waals surface area contributed by atoms with Gasteiger partial charge >= 0.3 is 12.2 Å². The summed E-state index contributed by atoms with van der Waals surface area (Å²) in [5.41, 5.74) is -0.115. The Balaban J connectivity index is 2.00. The van der Waals surface area contributed by atoms with Crippen molar-refractivity contribution in [2.45, 2.75) is 38.0 Å². The van der Waals surface area contributed by atoms with Gasteiger partial charge in [0.15, 0.2) is 0 Å². The summed E-state index contributed by atoms with van der Waals surface area (Å²) >= 11 is 0. The van der Waals surface area contributed by atoms with Crippen LogP contribution in [-0.4, -0.2) is 35.2 Å². The van der Waals surface area contributed by atoms with Crippen molar-refractivity contribution >= 4 is 6.03 Å². The average Bonchev–Trinajstić information content (AvgIpc) is 2.95. The van der Waals surface area contributed by atoms with Crippen LogP contribution in [0.2, 0.25) is 0 Å². The molecule has 1 aromatic carbocycles. The lowest BCUT2D eigenvalue weighted by atomic mass is 10.1. The molecule has 1 saturated heterocycles. The molecule has 7 heteroatoms. The third kappa shape index (κ3) is 3.71. The molecule has 2 rings (SSSR count). The number of carbonyl (C=O) groups is 1. The van der Waals surface area contributed by atoms with Crippen molar-refractivity contribution in [1.29, 1.82) is 0 Å². The molecule has 22 heavy (non-hydrogen) atoms. The number of nitrogens with one attached hydrogen (secondary N) is 1. The molecular formula is C15H19F3N2O2. The summed E-state index contributed by atoms with van der Waals surface area (Å²) in [6.45, 7) is 2.21. The molecule has 2 amide bonds. The van der Waals surface area contributed by atoms with Crippen molar-refractivity contribution in [2.24, 2.45) is 0 Å². The number of urea groups is 1. The Labute approximate surface area is 126 Å². The van der Waals surface area contributed by atoms with Crippen LogP contribution >= 0.6 is 0 Å². The van der Waals surface area contributed by atoms with Crippen LogP contribution in [0.15, 0.2) is 24.3 Å². The molecular weight excluding hydrogens is 297 g/mol. The lowest BCUT2D eigenvalue weighted by Crippen LogP contribution is -2.44. The highest BCUT2D eigenvalue weighted by Gasteiger charge is 2.31. The molecule has 2 atom stereocenters. The summed E-state index contributed by atoms with van der Waals surface area (Å²) in [4.78, 5) is 13.7. The Morgan fingerprint density at radius 1 is 1.41 bits per heavy atom. The van der Waals surface area contributed by atoms with Crippen molar-refractivity contribution in [3.05, 3.63) is 35.4 Å². The van der Waals surface area contributed by atoms with Crippen LogP contribution in [-0.2, 0) is 6.18 Å². The zero-order valence-corrected chi connectivity index (χ0v) is 12.2. The van der Waals surface area contributed by atoms with Crippen molar-refractivity contribution in [3.63, 3.8) is 0 Å². The summed E-state index contributed by atoms with van der Waals surface area (Å²) in [6.07, 6.45) is -2.76. The van der Waals surface area contributed by atoms with Gasteiger partial charge in [0.05, 0.1) is 24.3 Å². The Kier molecular flexibility index (Phi) is 4.95. The van der Waals surface area contributed by atoms with Crippen molar-refractivity contribution in [2.75, 3.05) is 13.2 Å². The first-order valence-corrected chi connectivity index (χ1v) is 7.18. The molecule has 0 spiro atoms. The Morgan fingerprint density at radius 3 is 2.59 bits per heavy atom. The Bertz CT molecular complexity index is 517. The smallest absolute Gasteiger partial charge is 0.394 e. The topological polar surface area (TPSA) is 52.6 Å². The first kappa shape index (κ1) is 16.6. The summed E-state index contributed by atoms with van der Waals surface area (Å²) in [5, 5.41) is 12.0. The molecule has 4 nitrogen and oxygen atoms in total. The summed E-state index contributed by atoms with van der Waals surface area (Å²) in [5.74, 6) is 0. The number of carbonyl (C=O) groups excluding carboxylic acids is 1. The van der Waals surface area contributed by atoms with Gasteiger partial charge in [0, 0.05) is 6.54 Å². The average molecular weight is 316 g/mol. The fraction of sp³-hybridized carbons (Fsp3) is 0.533. The van der Waals surface area contributed by atoms with E-state index in [1.807, 2.05) is 0 Å². The highest BCUT2D eigenvalue weighted by molar-refractivity contribution is 5.75. The van der Waals surface area contributed by atoms with E-state index in [1.54, 1.807) is 11.8 Å². The van der Waals surface area contributed by atoms with E-state index in [4.69, 9.17) is 0 Å². The SMILES string of the molecule is C[C@@H](NC(=O)N1CCC[C@H]1CO)c1ccc(C(F)(F)F)cc1. The van der Waals surface area contributed by atoms with Crippen LogP contribution in [0.3, 0.4) is 0 Å². The van der Waals surface area contributed by atoms with E-state index in [2.05, 4.69) is 5.32 Å².